The van der Waals surface area contributed by atoms with E-state index in [1.165, 1.54) is 11.8 Å². The lowest BCUT2D eigenvalue weighted by Gasteiger charge is -2.13. The predicted octanol–water partition coefficient (Wildman–Crippen LogP) is 5.88. The van der Waals surface area contributed by atoms with Crippen molar-refractivity contribution in [3.8, 4) is 17.2 Å². The van der Waals surface area contributed by atoms with Crippen molar-refractivity contribution in [2.24, 2.45) is 4.99 Å². The fraction of sp³-hybridized carbons (Fsp3) is 0.304. The molecular formula is C23H25BrN2O4S. The molecule has 0 radical (unpaired) electrons. The molecule has 1 aliphatic rings. The third kappa shape index (κ3) is 5.43. The first-order valence-corrected chi connectivity index (χ1v) is 11.6. The normalized spacial score (nSPS) is 16.3. The van der Waals surface area contributed by atoms with E-state index in [4.69, 9.17) is 14.2 Å². The van der Waals surface area contributed by atoms with E-state index in [1.807, 2.05) is 63.2 Å². The Labute approximate surface area is 195 Å². The molecule has 0 saturated carbocycles. The van der Waals surface area contributed by atoms with Gasteiger partial charge in [-0.3, -0.25) is 9.69 Å². The average molecular weight is 505 g/mol. The third-order valence-electron chi connectivity index (χ3n) is 4.42. The van der Waals surface area contributed by atoms with E-state index in [0.29, 0.717) is 41.3 Å². The molecule has 1 fully saturated rings. The van der Waals surface area contributed by atoms with Gasteiger partial charge in [0.1, 0.15) is 5.75 Å². The van der Waals surface area contributed by atoms with E-state index in [2.05, 4.69) is 20.9 Å². The molecule has 0 bridgehead atoms. The molecule has 8 heteroatoms. The maximum absolute atomic E-state index is 13.0. The molecule has 1 aliphatic heterocycles. The quantitative estimate of drug-likeness (QED) is 0.420. The van der Waals surface area contributed by atoms with Crippen LogP contribution in [0.2, 0.25) is 0 Å². The molecule has 0 unspecified atom stereocenters. The van der Waals surface area contributed by atoms with Gasteiger partial charge in [-0.2, -0.15) is 0 Å². The molecule has 1 saturated heterocycles. The van der Waals surface area contributed by atoms with E-state index in [1.54, 1.807) is 12.0 Å². The van der Waals surface area contributed by atoms with E-state index >= 15 is 0 Å². The largest absolute Gasteiger partial charge is 0.497 e. The number of benzene rings is 2. The van der Waals surface area contributed by atoms with Gasteiger partial charge in [0.15, 0.2) is 16.7 Å². The average Bonchev–Trinajstić information content (AvgIpc) is 3.05. The Morgan fingerprint density at radius 3 is 2.42 bits per heavy atom. The lowest BCUT2D eigenvalue weighted by molar-refractivity contribution is -0.122. The van der Waals surface area contributed by atoms with Crippen molar-refractivity contribution in [2.75, 3.05) is 26.9 Å². The van der Waals surface area contributed by atoms with Gasteiger partial charge in [0.25, 0.3) is 5.91 Å². The van der Waals surface area contributed by atoms with Crippen molar-refractivity contribution < 1.29 is 19.0 Å². The van der Waals surface area contributed by atoms with Gasteiger partial charge < -0.3 is 14.2 Å². The van der Waals surface area contributed by atoms with Gasteiger partial charge in [-0.1, -0.05) is 0 Å². The molecule has 31 heavy (non-hydrogen) atoms. The van der Waals surface area contributed by atoms with Gasteiger partial charge >= 0.3 is 0 Å². The van der Waals surface area contributed by atoms with Crippen LogP contribution in [0.3, 0.4) is 0 Å². The molecule has 164 valence electrons. The van der Waals surface area contributed by atoms with Crippen LogP contribution in [0.25, 0.3) is 6.08 Å². The SMILES string of the molecule is CCOc1cc(/C=C2/SC(=Nc3ccc(OC)cc3)N(CC)C2=O)cc(Br)c1OCC. The number of amidine groups is 1. The zero-order valence-corrected chi connectivity index (χ0v) is 20.4. The number of likely N-dealkylation sites (N-methyl/N-ethyl adjacent to an activating group) is 1. The minimum atomic E-state index is -0.0669. The molecule has 2 aromatic carbocycles. The highest BCUT2D eigenvalue weighted by Gasteiger charge is 2.32. The fourth-order valence-corrected chi connectivity index (χ4v) is 4.64. The highest BCUT2D eigenvalue weighted by molar-refractivity contribution is 9.10. The van der Waals surface area contributed by atoms with Crippen LogP contribution in [0.15, 0.2) is 50.8 Å². The van der Waals surface area contributed by atoms with Gasteiger partial charge in [0.2, 0.25) is 0 Å². The molecule has 2 aromatic rings. The zero-order valence-electron chi connectivity index (χ0n) is 18.0. The third-order valence-corrected chi connectivity index (χ3v) is 6.02. The van der Waals surface area contributed by atoms with E-state index in [9.17, 15) is 4.79 Å². The number of ether oxygens (including phenoxy) is 3. The Kier molecular flexibility index (Phi) is 8.03. The van der Waals surface area contributed by atoms with Crippen LogP contribution in [-0.2, 0) is 4.79 Å². The van der Waals surface area contributed by atoms with Crippen molar-refractivity contribution >= 4 is 50.5 Å². The van der Waals surface area contributed by atoms with Crippen LogP contribution in [0.4, 0.5) is 5.69 Å². The van der Waals surface area contributed by atoms with Crippen molar-refractivity contribution in [1.29, 1.82) is 0 Å². The first-order chi connectivity index (χ1) is 15.0. The first-order valence-electron chi connectivity index (χ1n) is 10.0. The maximum atomic E-state index is 13.0. The summed E-state index contributed by atoms with van der Waals surface area (Å²) in [5.41, 5.74) is 1.61. The van der Waals surface area contributed by atoms with Crippen LogP contribution in [-0.4, -0.2) is 42.8 Å². The Bertz CT molecular complexity index is 1010. The smallest absolute Gasteiger partial charge is 0.266 e. The molecule has 0 spiro atoms. The number of carbonyl (C=O) groups excluding carboxylic acids is 1. The summed E-state index contributed by atoms with van der Waals surface area (Å²) in [7, 11) is 1.62. The summed E-state index contributed by atoms with van der Waals surface area (Å²) < 4.78 is 17.4. The van der Waals surface area contributed by atoms with Crippen LogP contribution in [0, 0.1) is 0 Å². The van der Waals surface area contributed by atoms with Crippen LogP contribution < -0.4 is 14.2 Å². The topological polar surface area (TPSA) is 60.4 Å². The van der Waals surface area contributed by atoms with E-state index < -0.39 is 0 Å². The number of hydrogen-bond acceptors (Lipinski definition) is 6. The number of methoxy groups -OCH3 is 1. The first kappa shape index (κ1) is 23.2. The van der Waals surface area contributed by atoms with Crippen molar-refractivity contribution in [2.45, 2.75) is 20.8 Å². The van der Waals surface area contributed by atoms with E-state index in [0.717, 1.165) is 21.5 Å². The van der Waals surface area contributed by atoms with Gasteiger partial charge in [-0.05, 0) is 96.5 Å². The number of nitrogens with zero attached hydrogens (tertiary/aromatic N) is 2. The second-order valence-corrected chi connectivity index (χ2v) is 8.31. The molecule has 1 amide bonds. The summed E-state index contributed by atoms with van der Waals surface area (Å²) >= 11 is 4.92. The Hall–Kier alpha value is -2.45. The predicted molar refractivity (Wildman–Crippen MR) is 130 cm³/mol. The molecular weight excluding hydrogens is 480 g/mol. The summed E-state index contributed by atoms with van der Waals surface area (Å²) in [4.78, 5) is 19.9. The van der Waals surface area contributed by atoms with Crippen LogP contribution in [0.1, 0.15) is 26.3 Å². The summed E-state index contributed by atoms with van der Waals surface area (Å²) in [6.07, 6.45) is 1.86. The van der Waals surface area contributed by atoms with Gasteiger partial charge in [0.05, 0.1) is 35.4 Å². The number of rotatable bonds is 8. The van der Waals surface area contributed by atoms with Gasteiger partial charge in [-0.15, -0.1) is 0 Å². The van der Waals surface area contributed by atoms with E-state index in [-0.39, 0.29) is 5.91 Å². The lowest BCUT2D eigenvalue weighted by atomic mass is 10.2. The minimum absolute atomic E-state index is 0.0669. The Morgan fingerprint density at radius 2 is 1.81 bits per heavy atom. The number of amides is 1. The monoisotopic (exact) mass is 504 g/mol. The highest BCUT2D eigenvalue weighted by atomic mass is 79.9. The summed E-state index contributed by atoms with van der Waals surface area (Å²) in [5.74, 6) is 2.00. The fourth-order valence-electron chi connectivity index (χ4n) is 3.01. The summed E-state index contributed by atoms with van der Waals surface area (Å²) in [6, 6.07) is 11.2. The van der Waals surface area contributed by atoms with Gasteiger partial charge in [-0.25, -0.2) is 4.99 Å². The number of halogens is 1. The minimum Gasteiger partial charge on any atom is -0.497 e. The Morgan fingerprint density at radius 1 is 1.10 bits per heavy atom. The van der Waals surface area contributed by atoms with Crippen LogP contribution in [0.5, 0.6) is 17.2 Å². The molecule has 3 rings (SSSR count). The lowest BCUT2D eigenvalue weighted by Crippen LogP contribution is -2.28. The van der Waals surface area contributed by atoms with Crippen molar-refractivity contribution in [3.05, 3.63) is 51.3 Å². The molecule has 1 heterocycles. The molecule has 0 aliphatic carbocycles. The molecule has 0 aromatic heterocycles. The number of carbonyl (C=O) groups is 1. The van der Waals surface area contributed by atoms with Gasteiger partial charge in [0, 0.05) is 6.54 Å². The molecule has 0 atom stereocenters. The second-order valence-electron chi connectivity index (χ2n) is 6.45. The van der Waals surface area contributed by atoms with Crippen LogP contribution >= 0.6 is 27.7 Å². The number of aliphatic imine (C=N–C) groups is 1. The molecule has 0 N–H and O–H groups in total. The number of thioether (sulfide) groups is 1. The summed E-state index contributed by atoms with van der Waals surface area (Å²) in [6.45, 7) is 7.37. The summed E-state index contributed by atoms with van der Waals surface area (Å²) in [5, 5.41) is 0.652. The zero-order chi connectivity index (χ0) is 22.4. The number of hydrogen-bond donors (Lipinski definition) is 0. The Balaban J connectivity index is 1.93. The van der Waals surface area contributed by atoms with Crippen molar-refractivity contribution in [1.82, 2.24) is 4.90 Å². The maximum Gasteiger partial charge on any atom is 0.266 e. The second kappa shape index (κ2) is 10.7. The standard InChI is InChI=1S/C23H25BrN2O4S/c1-5-26-22(27)20(31-23(26)25-16-8-10-17(28-4)11-9-16)14-15-12-18(24)21(30-7-3)19(13-15)29-6-2/h8-14H,5-7H2,1-4H3/b20-14+,25-23?. The highest BCUT2D eigenvalue weighted by Crippen LogP contribution is 2.39. The molecule has 6 nitrogen and oxygen atoms in total. The van der Waals surface area contributed by atoms with Crippen molar-refractivity contribution in [3.63, 3.8) is 0 Å².